The maximum absolute atomic E-state index is 11.9. The second-order valence-electron chi connectivity index (χ2n) is 5.65. The molecule has 2 amide bonds. The number of esters is 1. The molecule has 2 rings (SSSR count). The summed E-state index contributed by atoms with van der Waals surface area (Å²) in [4.78, 5) is 35.5. The van der Waals surface area contributed by atoms with Crippen LogP contribution in [-0.2, 0) is 14.3 Å². The Morgan fingerprint density at radius 2 is 1.64 bits per heavy atom. The third kappa shape index (κ3) is 6.31. The summed E-state index contributed by atoms with van der Waals surface area (Å²) in [6.45, 7) is -0.316. The van der Waals surface area contributed by atoms with Gasteiger partial charge in [0.2, 0.25) is 0 Å². The Morgan fingerprint density at radius 1 is 0.929 bits per heavy atom. The van der Waals surface area contributed by atoms with Crippen molar-refractivity contribution in [1.29, 1.82) is 0 Å². The van der Waals surface area contributed by atoms with E-state index in [1.807, 2.05) is 0 Å². The number of nitrogens with one attached hydrogen (secondary N) is 2. The molecular weight excluding hydrogens is 364 g/mol. The number of benzene rings is 2. The fourth-order valence-electron chi connectivity index (χ4n) is 2.30. The number of carbonyl (C=O) groups excluding carboxylic acids is 3. The van der Waals surface area contributed by atoms with Crippen LogP contribution >= 0.6 is 0 Å². The van der Waals surface area contributed by atoms with Gasteiger partial charge in [-0.15, -0.1) is 0 Å². The van der Waals surface area contributed by atoms with Crippen molar-refractivity contribution in [3.63, 3.8) is 0 Å². The van der Waals surface area contributed by atoms with Gasteiger partial charge >= 0.3 is 5.97 Å². The van der Waals surface area contributed by atoms with Crippen molar-refractivity contribution in [2.45, 2.75) is 6.42 Å². The van der Waals surface area contributed by atoms with Gasteiger partial charge in [-0.3, -0.25) is 14.4 Å². The molecule has 0 radical (unpaired) electrons. The third-order valence-electron chi connectivity index (χ3n) is 3.68. The van der Waals surface area contributed by atoms with Crippen LogP contribution in [0.15, 0.2) is 48.5 Å². The zero-order chi connectivity index (χ0) is 20.4. The van der Waals surface area contributed by atoms with Gasteiger partial charge in [0.1, 0.15) is 0 Å². The van der Waals surface area contributed by atoms with Crippen LogP contribution in [0.3, 0.4) is 0 Å². The van der Waals surface area contributed by atoms with Crippen molar-refractivity contribution in [1.82, 2.24) is 5.32 Å². The highest BCUT2D eigenvalue weighted by Crippen LogP contribution is 2.29. The molecule has 0 unspecified atom stereocenters. The number of anilines is 1. The highest BCUT2D eigenvalue weighted by atomic mass is 16.5. The van der Waals surface area contributed by atoms with Crippen LogP contribution in [0.25, 0.3) is 0 Å². The summed E-state index contributed by atoms with van der Waals surface area (Å²) in [6, 6.07) is 13.5. The Labute approximate surface area is 162 Å². The largest absolute Gasteiger partial charge is 0.493 e. The van der Waals surface area contributed by atoms with Crippen molar-refractivity contribution in [3.05, 3.63) is 54.1 Å². The average molecular weight is 386 g/mol. The van der Waals surface area contributed by atoms with Crippen LogP contribution < -0.4 is 20.1 Å². The molecule has 8 heteroatoms. The highest BCUT2D eigenvalue weighted by molar-refractivity contribution is 5.94. The predicted molar refractivity (Wildman–Crippen MR) is 103 cm³/mol. The normalized spacial score (nSPS) is 9.93. The summed E-state index contributed by atoms with van der Waals surface area (Å²) < 4.78 is 15.2. The van der Waals surface area contributed by atoms with E-state index in [4.69, 9.17) is 14.2 Å². The van der Waals surface area contributed by atoms with E-state index < -0.39 is 18.5 Å². The minimum absolute atomic E-state index is 0.0395. The fourth-order valence-corrected chi connectivity index (χ4v) is 2.30. The zero-order valence-corrected chi connectivity index (χ0v) is 15.7. The van der Waals surface area contributed by atoms with E-state index in [1.54, 1.807) is 48.5 Å². The Bertz CT molecular complexity index is 823. The lowest BCUT2D eigenvalue weighted by Gasteiger charge is -2.11. The van der Waals surface area contributed by atoms with Crippen molar-refractivity contribution in [3.8, 4) is 11.5 Å². The van der Waals surface area contributed by atoms with E-state index in [0.29, 0.717) is 22.7 Å². The van der Waals surface area contributed by atoms with Gasteiger partial charge in [0, 0.05) is 23.9 Å². The van der Waals surface area contributed by atoms with Crippen molar-refractivity contribution >= 4 is 23.5 Å². The molecule has 0 atom stereocenters. The molecule has 0 aromatic heterocycles. The Balaban J connectivity index is 1.71. The summed E-state index contributed by atoms with van der Waals surface area (Å²) in [7, 11) is 3.00. The van der Waals surface area contributed by atoms with Gasteiger partial charge in [0.15, 0.2) is 18.1 Å². The molecule has 148 valence electrons. The second-order valence-corrected chi connectivity index (χ2v) is 5.65. The van der Waals surface area contributed by atoms with Crippen LogP contribution in [-0.4, -0.2) is 45.2 Å². The highest BCUT2D eigenvalue weighted by Gasteiger charge is 2.11. The van der Waals surface area contributed by atoms with Crippen molar-refractivity contribution in [2.24, 2.45) is 0 Å². The number of methoxy groups -OCH3 is 2. The first-order valence-corrected chi connectivity index (χ1v) is 8.54. The van der Waals surface area contributed by atoms with Crippen LogP contribution in [0.1, 0.15) is 16.8 Å². The topological polar surface area (TPSA) is 103 Å². The molecule has 0 aliphatic carbocycles. The Hall–Kier alpha value is -3.55. The molecule has 2 N–H and O–H groups in total. The van der Waals surface area contributed by atoms with Crippen molar-refractivity contribution < 1.29 is 28.6 Å². The maximum atomic E-state index is 11.9. The van der Waals surface area contributed by atoms with Crippen LogP contribution in [0.4, 0.5) is 5.69 Å². The molecule has 0 heterocycles. The monoisotopic (exact) mass is 386 g/mol. The van der Waals surface area contributed by atoms with Crippen LogP contribution in [0, 0.1) is 0 Å². The quantitative estimate of drug-likeness (QED) is 0.639. The predicted octanol–water partition coefficient (Wildman–Crippen LogP) is 2.01. The first kappa shape index (κ1) is 20.8. The van der Waals surface area contributed by atoms with Gasteiger partial charge in [-0.25, -0.2) is 0 Å². The first-order chi connectivity index (χ1) is 13.5. The minimum atomic E-state index is -0.587. The number of ether oxygens (including phenoxy) is 3. The van der Waals surface area contributed by atoms with Gasteiger partial charge < -0.3 is 24.8 Å². The smallest absolute Gasteiger partial charge is 0.308 e. The molecule has 8 nitrogen and oxygen atoms in total. The summed E-state index contributed by atoms with van der Waals surface area (Å²) >= 11 is 0. The van der Waals surface area contributed by atoms with E-state index in [2.05, 4.69) is 10.6 Å². The number of hydrogen-bond acceptors (Lipinski definition) is 6. The van der Waals surface area contributed by atoms with E-state index in [1.165, 1.54) is 14.2 Å². The van der Waals surface area contributed by atoms with Gasteiger partial charge in [-0.05, 0) is 24.3 Å². The molecule has 0 saturated heterocycles. The van der Waals surface area contributed by atoms with Gasteiger partial charge in [-0.2, -0.15) is 0 Å². The molecule has 2 aromatic rings. The van der Waals surface area contributed by atoms with Crippen LogP contribution in [0.5, 0.6) is 11.5 Å². The Kier molecular flexibility index (Phi) is 7.83. The summed E-state index contributed by atoms with van der Waals surface area (Å²) in [5, 5.41) is 5.21. The molecule has 0 aliphatic heterocycles. The molecule has 0 fully saturated rings. The number of amides is 2. The molecule has 2 aromatic carbocycles. The Morgan fingerprint density at radius 3 is 2.32 bits per heavy atom. The molecule has 0 saturated carbocycles. The number of carbonyl (C=O) groups is 3. The second kappa shape index (κ2) is 10.6. The molecule has 0 spiro atoms. The standard InChI is InChI=1S/C20H22N2O6/c1-26-16-9-8-15(12-17(16)27-2)22-18(23)13-28-19(24)10-11-21-20(25)14-6-4-3-5-7-14/h3-9,12H,10-11,13H2,1-2H3,(H,21,25)(H,22,23). The fraction of sp³-hybridized carbons (Fsp3) is 0.250. The van der Waals surface area contributed by atoms with E-state index in [9.17, 15) is 14.4 Å². The lowest BCUT2D eigenvalue weighted by atomic mass is 10.2. The summed E-state index contributed by atoms with van der Waals surface area (Å²) in [5.41, 5.74) is 0.985. The van der Waals surface area contributed by atoms with E-state index in [-0.39, 0.29) is 18.9 Å². The number of rotatable bonds is 9. The lowest BCUT2D eigenvalue weighted by Crippen LogP contribution is -2.27. The minimum Gasteiger partial charge on any atom is -0.493 e. The molecule has 0 bridgehead atoms. The zero-order valence-electron chi connectivity index (χ0n) is 15.7. The van der Waals surface area contributed by atoms with Gasteiger partial charge in [0.05, 0.1) is 20.6 Å². The third-order valence-corrected chi connectivity index (χ3v) is 3.68. The lowest BCUT2D eigenvalue weighted by molar-refractivity contribution is -0.147. The molecule has 28 heavy (non-hydrogen) atoms. The SMILES string of the molecule is COc1ccc(NC(=O)COC(=O)CCNC(=O)c2ccccc2)cc1OC. The average Bonchev–Trinajstić information content (AvgIpc) is 2.72. The van der Waals surface area contributed by atoms with Crippen molar-refractivity contribution in [2.75, 3.05) is 32.7 Å². The first-order valence-electron chi connectivity index (χ1n) is 8.54. The van der Waals surface area contributed by atoms with Gasteiger partial charge in [0.25, 0.3) is 11.8 Å². The molecular formula is C20H22N2O6. The number of hydrogen-bond donors (Lipinski definition) is 2. The summed E-state index contributed by atoms with van der Waals surface area (Å²) in [5.74, 6) is -0.361. The van der Waals surface area contributed by atoms with E-state index >= 15 is 0 Å². The molecule has 0 aliphatic rings. The maximum Gasteiger partial charge on any atom is 0.308 e. The van der Waals surface area contributed by atoms with E-state index in [0.717, 1.165) is 0 Å². The summed E-state index contributed by atoms with van der Waals surface area (Å²) in [6.07, 6.45) is -0.0395. The van der Waals surface area contributed by atoms with Gasteiger partial charge in [-0.1, -0.05) is 18.2 Å². The van der Waals surface area contributed by atoms with Crippen LogP contribution in [0.2, 0.25) is 0 Å².